The molecule has 2 rings (SSSR count). The number of hydrogen-bond donors (Lipinski definition) is 3. The average molecular weight is 273 g/mol. The fraction of sp³-hybridized carbons (Fsp3) is 0.286. The number of hydrogen-bond acceptors (Lipinski definition) is 4. The summed E-state index contributed by atoms with van der Waals surface area (Å²) in [6.07, 6.45) is -1.84. The predicted octanol–water partition coefficient (Wildman–Crippen LogP) is 2.64. The third-order valence-electron chi connectivity index (χ3n) is 3.14. The van der Waals surface area contributed by atoms with E-state index in [1.54, 1.807) is 36.4 Å². The molecule has 2 atom stereocenters. The van der Waals surface area contributed by atoms with Crippen molar-refractivity contribution >= 4 is 10.8 Å². The first-order valence-corrected chi connectivity index (χ1v) is 6.21. The summed E-state index contributed by atoms with van der Waals surface area (Å²) in [5.41, 5.74) is 8.75. The lowest BCUT2D eigenvalue weighted by Crippen LogP contribution is -2.19. The predicted molar refractivity (Wildman–Crippen MR) is 75.2 cm³/mol. The molecule has 2 unspecified atom stereocenters. The van der Waals surface area contributed by atoms with Crippen molar-refractivity contribution in [2.75, 3.05) is 6.54 Å². The molecule has 2 aromatic rings. The van der Waals surface area contributed by atoms with Crippen LogP contribution in [-0.2, 0) is 0 Å². The summed E-state index contributed by atoms with van der Waals surface area (Å²) in [6, 6.07) is 10.2. The van der Waals surface area contributed by atoms with Crippen LogP contribution in [0.5, 0.6) is 5.75 Å². The monoisotopic (exact) mass is 273 g/mol. The van der Waals surface area contributed by atoms with Crippen LogP contribution < -0.4 is 0 Å². The lowest BCUT2D eigenvalue weighted by molar-refractivity contribution is 0.0151. The number of nitrogens with zero attached hydrogens (tertiary/aromatic N) is 3. The summed E-state index contributed by atoms with van der Waals surface area (Å²) < 4.78 is 0. The van der Waals surface area contributed by atoms with Gasteiger partial charge in [0.1, 0.15) is 11.9 Å². The van der Waals surface area contributed by atoms with E-state index in [0.29, 0.717) is 5.56 Å². The number of aliphatic hydroxyl groups is 2. The van der Waals surface area contributed by atoms with Crippen molar-refractivity contribution in [1.29, 1.82) is 0 Å². The number of benzene rings is 2. The SMILES string of the molecule is [N-]=[N+]=NCCC(O)C(O)c1ccc2cc(O)ccc2c1. The van der Waals surface area contributed by atoms with Gasteiger partial charge in [-0.05, 0) is 46.5 Å². The van der Waals surface area contributed by atoms with E-state index in [0.717, 1.165) is 10.8 Å². The van der Waals surface area contributed by atoms with E-state index in [1.165, 1.54) is 0 Å². The fourth-order valence-corrected chi connectivity index (χ4v) is 2.05. The molecule has 0 saturated heterocycles. The Morgan fingerprint density at radius 2 is 1.80 bits per heavy atom. The summed E-state index contributed by atoms with van der Waals surface area (Å²) in [7, 11) is 0. The molecule has 2 aromatic carbocycles. The molecule has 0 heterocycles. The Hall–Kier alpha value is -2.27. The second kappa shape index (κ2) is 6.25. The zero-order valence-electron chi connectivity index (χ0n) is 10.7. The molecule has 0 radical (unpaired) electrons. The first kappa shape index (κ1) is 14.1. The van der Waals surface area contributed by atoms with Crippen LogP contribution in [0.4, 0.5) is 0 Å². The Bertz CT molecular complexity index is 653. The van der Waals surface area contributed by atoms with Gasteiger partial charge in [0.25, 0.3) is 0 Å². The molecule has 6 nitrogen and oxygen atoms in total. The van der Waals surface area contributed by atoms with Gasteiger partial charge >= 0.3 is 0 Å². The minimum Gasteiger partial charge on any atom is -0.508 e. The number of phenolic OH excluding ortho intramolecular Hbond substituents is 1. The van der Waals surface area contributed by atoms with Gasteiger partial charge in [0.05, 0.1) is 6.10 Å². The molecular weight excluding hydrogens is 258 g/mol. The summed E-state index contributed by atoms with van der Waals surface area (Å²) in [4.78, 5) is 2.60. The van der Waals surface area contributed by atoms with Gasteiger partial charge in [-0.2, -0.15) is 0 Å². The molecule has 104 valence electrons. The van der Waals surface area contributed by atoms with Gasteiger partial charge in [0.2, 0.25) is 0 Å². The highest BCUT2D eigenvalue weighted by Crippen LogP contribution is 2.26. The Balaban J connectivity index is 2.19. The molecule has 0 saturated carbocycles. The largest absolute Gasteiger partial charge is 0.508 e. The van der Waals surface area contributed by atoms with Crippen LogP contribution in [0.2, 0.25) is 0 Å². The average Bonchev–Trinajstić information content (AvgIpc) is 2.46. The fourth-order valence-electron chi connectivity index (χ4n) is 2.05. The maximum atomic E-state index is 10.1. The minimum absolute atomic E-state index is 0.135. The third kappa shape index (κ3) is 3.19. The van der Waals surface area contributed by atoms with Crippen LogP contribution in [0.3, 0.4) is 0 Å². The molecule has 0 fully saturated rings. The molecular formula is C14H15N3O3. The van der Waals surface area contributed by atoms with Crippen LogP contribution in [0.25, 0.3) is 21.2 Å². The maximum Gasteiger partial charge on any atom is 0.116 e. The third-order valence-corrected chi connectivity index (χ3v) is 3.14. The molecule has 3 N–H and O–H groups in total. The van der Waals surface area contributed by atoms with Gasteiger partial charge in [-0.1, -0.05) is 23.3 Å². The summed E-state index contributed by atoms with van der Waals surface area (Å²) in [6.45, 7) is 0.135. The Labute approximate surface area is 115 Å². The molecule has 0 spiro atoms. The number of aliphatic hydroxyl groups excluding tert-OH is 2. The standard InChI is InChI=1S/C14H15N3O3/c15-17-16-6-5-13(19)14(20)11-2-1-10-8-12(18)4-3-9(10)7-11/h1-4,7-8,13-14,18-20H,5-6H2. The van der Waals surface area contributed by atoms with Gasteiger partial charge < -0.3 is 15.3 Å². The van der Waals surface area contributed by atoms with Crippen molar-refractivity contribution in [3.63, 3.8) is 0 Å². The van der Waals surface area contributed by atoms with E-state index in [9.17, 15) is 15.3 Å². The zero-order chi connectivity index (χ0) is 14.5. The van der Waals surface area contributed by atoms with Crippen molar-refractivity contribution in [2.45, 2.75) is 18.6 Å². The van der Waals surface area contributed by atoms with Crippen LogP contribution in [-0.4, -0.2) is 28.0 Å². The normalized spacial score (nSPS) is 13.7. The highest BCUT2D eigenvalue weighted by atomic mass is 16.3. The first-order chi connectivity index (χ1) is 9.61. The number of azide groups is 1. The second-order valence-corrected chi connectivity index (χ2v) is 4.55. The van der Waals surface area contributed by atoms with E-state index in [2.05, 4.69) is 10.0 Å². The zero-order valence-corrected chi connectivity index (χ0v) is 10.7. The highest BCUT2D eigenvalue weighted by Gasteiger charge is 2.18. The van der Waals surface area contributed by atoms with Crippen molar-refractivity contribution in [2.24, 2.45) is 5.11 Å². The molecule has 0 amide bonds. The number of aromatic hydroxyl groups is 1. The van der Waals surface area contributed by atoms with Crippen molar-refractivity contribution < 1.29 is 15.3 Å². The topological polar surface area (TPSA) is 109 Å². The number of phenols is 1. The van der Waals surface area contributed by atoms with Gasteiger partial charge in [0, 0.05) is 11.5 Å². The Kier molecular flexibility index (Phi) is 4.42. The lowest BCUT2D eigenvalue weighted by atomic mass is 9.99. The van der Waals surface area contributed by atoms with Gasteiger partial charge in [-0.15, -0.1) is 0 Å². The second-order valence-electron chi connectivity index (χ2n) is 4.55. The molecule has 0 bridgehead atoms. The first-order valence-electron chi connectivity index (χ1n) is 6.21. The van der Waals surface area contributed by atoms with Crippen LogP contribution >= 0.6 is 0 Å². The number of rotatable bonds is 5. The van der Waals surface area contributed by atoms with E-state index < -0.39 is 12.2 Å². The van der Waals surface area contributed by atoms with E-state index >= 15 is 0 Å². The molecule has 0 aliphatic rings. The Morgan fingerprint density at radius 3 is 2.55 bits per heavy atom. The summed E-state index contributed by atoms with van der Waals surface area (Å²) >= 11 is 0. The molecule has 20 heavy (non-hydrogen) atoms. The van der Waals surface area contributed by atoms with Gasteiger partial charge in [-0.25, -0.2) is 0 Å². The van der Waals surface area contributed by atoms with Crippen LogP contribution in [0.15, 0.2) is 41.5 Å². The van der Waals surface area contributed by atoms with Crippen molar-refractivity contribution in [3.05, 3.63) is 52.4 Å². The summed E-state index contributed by atoms with van der Waals surface area (Å²) in [5.74, 6) is 0.181. The van der Waals surface area contributed by atoms with Gasteiger partial charge in [-0.3, -0.25) is 0 Å². The van der Waals surface area contributed by atoms with E-state index in [-0.39, 0.29) is 18.7 Å². The molecule has 6 heteroatoms. The molecule has 0 aliphatic heterocycles. The lowest BCUT2D eigenvalue weighted by Gasteiger charge is -2.17. The van der Waals surface area contributed by atoms with Crippen LogP contribution in [0.1, 0.15) is 18.1 Å². The molecule has 0 aliphatic carbocycles. The smallest absolute Gasteiger partial charge is 0.116 e. The van der Waals surface area contributed by atoms with Gasteiger partial charge in [0.15, 0.2) is 0 Å². The molecule has 0 aromatic heterocycles. The number of fused-ring (bicyclic) bond motifs is 1. The summed E-state index contributed by atoms with van der Waals surface area (Å²) in [5, 5.41) is 34.3. The quantitative estimate of drug-likeness (QED) is 0.442. The van der Waals surface area contributed by atoms with Crippen molar-refractivity contribution in [1.82, 2.24) is 0 Å². The minimum atomic E-state index is -1.04. The highest BCUT2D eigenvalue weighted by molar-refractivity contribution is 5.84. The van der Waals surface area contributed by atoms with Crippen LogP contribution in [0, 0.1) is 0 Å². The van der Waals surface area contributed by atoms with E-state index in [4.69, 9.17) is 5.53 Å². The van der Waals surface area contributed by atoms with Crippen molar-refractivity contribution in [3.8, 4) is 5.75 Å². The van der Waals surface area contributed by atoms with E-state index in [1.807, 2.05) is 0 Å². The Morgan fingerprint density at radius 1 is 1.10 bits per heavy atom. The maximum absolute atomic E-state index is 10.1.